The van der Waals surface area contributed by atoms with Gasteiger partial charge in [-0.3, -0.25) is 0 Å². The van der Waals surface area contributed by atoms with Crippen LogP contribution in [0, 0.1) is 5.41 Å². The van der Waals surface area contributed by atoms with Crippen molar-refractivity contribution in [2.24, 2.45) is 5.41 Å². The van der Waals surface area contributed by atoms with Crippen LogP contribution in [0.5, 0.6) is 0 Å². The number of rotatable bonds is 7. The highest BCUT2D eigenvalue weighted by Crippen LogP contribution is 2.42. The maximum atomic E-state index is 5.73. The molecule has 1 fully saturated rings. The molecule has 1 aliphatic carbocycles. The molecule has 1 aliphatic rings. The maximum absolute atomic E-state index is 5.73. The molecule has 0 spiro atoms. The molecule has 0 heterocycles. The van der Waals surface area contributed by atoms with Crippen LogP contribution in [0.25, 0.3) is 0 Å². The van der Waals surface area contributed by atoms with E-state index < -0.39 is 0 Å². The van der Waals surface area contributed by atoms with Crippen LogP contribution in [0.1, 0.15) is 40.5 Å². The molecule has 0 saturated heterocycles. The van der Waals surface area contributed by atoms with Gasteiger partial charge in [-0.15, -0.1) is 0 Å². The predicted octanol–water partition coefficient (Wildman–Crippen LogP) is 2.92. The largest absolute Gasteiger partial charge is 0.378 e. The lowest BCUT2D eigenvalue weighted by Crippen LogP contribution is -2.61. The molecule has 3 unspecified atom stereocenters. The summed E-state index contributed by atoms with van der Waals surface area (Å²) in [5.41, 5.74) is 0.304. The molecule has 16 heavy (non-hydrogen) atoms. The zero-order valence-corrected chi connectivity index (χ0v) is 12.2. The Hall–Kier alpha value is 0.270. The molecule has 0 aromatic rings. The molecule has 1 N–H and O–H groups in total. The molecule has 0 aromatic heterocycles. The van der Waals surface area contributed by atoms with Crippen molar-refractivity contribution in [1.82, 2.24) is 5.32 Å². The summed E-state index contributed by atoms with van der Waals surface area (Å²) in [6.45, 7) is 11.0. The van der Waals surface area contributed by atoms with Crippen LogP contribution in [0.3, 0.4) is 0 Å². The Labute approximate surface area is 105 Å². The van der Waals surface area contributed by atoms with Gasteiger partial charge in [-0.1, -0.05) is 20.8 Å². The fraction of sp³-hybridized carbons (Fsp3) is 1.00. The van der Waals surface area contributed by atoms with Crippen molar-refractivity contribution < 1.29 is 4.74 Å². The van der Waals surface area contributed by atoms with E-state index in [0.29, 0.717) is 17.6 Å². The molecule has 1 saturated carbocycles. The standard InChI is InChI=1S/C13H27NOS/c1-6-15-12-9-11(13(12,3)4)14-8-7-10(2)16-5/h10-12,14H,6-9H2,1-5H3. The van der Waals surface area contributed by atoms with Crippen LogP contribution in [0.15, 0.2) is 0 Å². The second-order valence-electron chi connectivity index (χ2n) is 5.34. The normalized spacial score (nSPS) is 29.8. The van der Waals surface area contributed by atoms with E-state index in [1.54, 1.807) is 0 Å². The average Bonchev–Trinajstić information content (AvgIpc) is 2.26. The summed E-state index contributed by atoms with van der Waals surface area (Å²) in [4.78, 5) is 0. The minimum atomic E-state index is 0.304. The van der Waals surface area contributed by atoms with E-state index >= 15 is 0 Å². The summed E-state index contributed by atoms with van der Waals surface area (Å²) in [7, 11) is 0. The van der Waals surface area contributed by atoms with Crippen molar-refractivity contribution in [3.05, 3.63) is 0 Å². The van der Waals surface area contributed by atoms with Gasteiger partial charge in [-0.2, -0.15) is 11.8 Å². The first kappa shape index (κ1) is 14.3. The fourth-order valence-electron chi connectivity index (χ4n) is 2.29. The molecule has 0 aromatic carbocycles. The van der Waals surface area contributed by atoms with Crippen molar-refractivity contribution in [3.63, 3.8) is 0 Å². The van der Waals surface area contributed by atoms with Crippen LogP contribution in [0.2, 0.25) is 0 Å². The molecule has 0 aliphatic heterocycles. The van der Waals surface area contributed by atoms with E-state index in [9.17, 15) is 0 Å². The van der Waals surface area contributed by atoms with Crippen LogP contribution in [0.4, 0.5) is 0 Å². The van der Waals surface area contributed by atoms with E-state index in [-0.39, 0.29) is 0 Å². The second-order valence-corrected chi connectivity index (χ2v) is 6.62. The third kappa shape index (κ3) is 3.38. The van der Waals surface area contributed by atoms with Gasteiger partial charge in [0.1, 0.15) is 0 Å². The molecule has 3 atom stereocenters. The summed E-state index contributed by atoms with van der Waals surface area (Å²) in [5.74, 6) is 0. The minimum Gasteiger partial charge on any atom is -0.378 e. The van der Waals surface area contributed by atoms with Crippen molar-refractivity contribution in [1.29, 1.82) is 0 Å². The first-order valence-electron chi connectivity index (χ1n) is 6.40. The monoisotopic (exact) mass is 245 g/mol. The zero-order chi connectivity index (χ0) is 12.2. The first-order chi connectivity index (χ1) is 7.52. The number of nitrogens with one attached hydrogen (secondary N) is 1. The SMILES string of the molecule is CCOC1CC(NCCC(C)SC)C1(C)C. The number of thioether (sulfide) groups is 1. The summed E-state index contributed by atoms with van der Waals surface area (Å²) in [6.07, 6.45) is 5.07. The van der Waals surface area contributed by atoms with Gasteiger partial charge in [0.05, 0.1) is 6.10 Å². The van der Waals surface area contributed by atoms with Gasteiger partial charge in [0.15, 0.2) is 0 Å². The number of ether oxygens (including phenoxy) is 1. The first-order valence-corrected chi connectivity index (χ1v) is 7.69. The summed E-state index contributed by atoms with van der Waals surface area (Å²) in [5, 5.41) is 4.43. The molecule has 3 heteroatoms. The summed E-state index contributed by atoms with van der Waals surface area (Å²) < 4.78 is 5.73. The topological polar surface area (TPSA) is 21.3 Å². The lowest BCUT2D eigenvalue weighted by molar-refractivity contribution is -0.113. The minimum absolute atomic E-state index is 0.304. The van der Waals surface area contributed by atoms with Gasteiger partial charge in [-0.25, -0.2) is 0 Å². The van der Waals surface area contributed by atoms with Crippen molar-refractivity contribution >= 4 is 11.8 Å². The smallest absolute Gasteiger partial charge is 0.0655 e. The Morgan fingerprint density at radius 2 is 2.19 bits per heavy atom. The van der Waals surface area contributed by atoms with Crippen molar-refractivity contribution in [2.75, 3.05) is 19.4 Å². The van der Waals surface area contributed by atoms with Crippen molar-refractivity contribution in [3.8, 4) is 0 Å². The number of hydrogen-bond acceptors (Lipinski definition) is 3. The molecular formula is C13H27NOS. The van der Waals surface area contributed by atoms with Gasteiger partial charge < -0.3 is 10.1 Å². The van der Waals surface area contributed by atoms with Gasteiger partial charge in [-0.05, 0) is 32.6 Å². The molecule has 96 valence electrons. The van der Waals surface area contributed by atoms with E-state index in [1.807, 2.05) is 11.8 Å². The van der Waals surface area contributed by atoms with Gasteiger partial charge in [0.2, 0.25) is 0 Å². The van der Waals surface area contributed by atoms with E-state index in [4.69, 9.17) is 4.74 Å². The maximum Gasteiger partial charge on any atom is 0.0655 e. The highest BCUT2D eigenvalue weighted by Gasteiger charge is 2.48. The summed E-state index contributed by atoms with van der Waals surface area (Å²) in [6, 6.07) is 0.637. The Bertz CT molecular complexity index is 208. The summed E-state index contributed by atoms with van der Waals surface area (Å²) >= 11 is 1.95. The highest BCUT2D eigenvalue weighted by atomic mass is 32.2. The predicted molar refractivity (Wildman–Crippen MR) is 73.2 cm³/mol. The molecular weight excluding hydrogens is 218 g/mol. The lowest BCUT2D eigenvalue weighted by Gasteiger charge is -2.52. The van der Waals surface area contributed by atoms with Crippen LogP contribution in [-0.4, -0.2) is 36.8 Å². The third-order valence-corrected chi connectivity index (χ3v) is 4.93. The Kier molecular flexibility index (Phi) is 5.62. The second kappa shape index (κ2) is 6.27. The Balaban J connectivity index is 2.20. The van der Waals surface area contributed by atoms with E-state index in [1.165, 1.54) is 12.8 Å². The quantitative estimate of drug-likeness (QED) is 0.745. The Morgan fingerprint density at radius 3 is 2.69 bits per heavy atom. The van der Waals surface area contributed by atoms with Gasteiger partial charge in [0, 0.05) is 23.3 Å². The van der Waals surface area contributed by atoms with Gasteiger partial charge in [0.25, 0.3) is 0 Å². The van der Waals surface area contributed by atoms with E-state index in [0.717, 1.165) is 18.4 Å². The molecule has 1 rings (SSSR count). The lowest BCUT2D eigenvalue weighted by atomic mass is 9.64. The van der Waals surface area contributed by atoms with Gasteiger partial charge >= 0.3 is 0 Å². The highest BCUT2D eigenvalue weighted by molar-refractivity contribution is 7.99. The average molecular weight is 245 g/mol. The fourth-order valence-corrected chi connectivity index (χ4v) is 2.65. The zero-order valence-electron chi connectivity index (χ0n) is 11.4. The molecule has 0 amide bonds. The van der Waals surface area contributed by atoms with Crippen LogP contribution < -0.4 is 5.32 Å². The van der Waals surface area contributed by atoms with Crippen molar-refractivity contribution in [2.45, 2.75) is 57.9 Å². The molecule has 0 radical (unpaired) electrons. The van der Waals surface area contributed by atoms with E-state index in [2.05, 4.69) is 39.3 Å². The Morgan fingerprint density at radius 1 is 1.50 bits per heavy atom. The number of hydrogen-bond donors (Lipinski definition) is 1. The molecule has 0 bridgehead atoms. The third-order valence-electron chi connectivity index (χ3n) is 3.89. The van der Waals surface area contributed by atoms with Crippen LogP contribution in [-0.2, 0) is 4.74 Å². The molecule has 2 nitrogen and oxygen atoms in total. The van der Waals surface area contributed by atoms with Crippen LogP contribution >= 0.6 is 11.8 Å².